The van der Waals surface area contributed by atoms with Gasteiger partial charge in [-0.2, -0.15) is 5.10 Å². The molecule has 0 aliphatic carbocycles. The Morgan fingerprint density at radius 3 is 2.85 bits per heavy atom. The second-order valence-electron chi connectivity index (χ2n) is 3.98. The zero-order valence-corrected chi connectivity index (χ0v) is 13.1. The van der Waals surface area contributed by atoms with E-state index in [1.54, 1.807) is 18.2 Å². The molecule has 0 spiro atoms. The van der Waals surface area contributed by atoms with Crippen molar-refractivity contribution in [3.05, 3.63) is 44.7 Å². The third-order valence-electron chi connectivity index (χ3n) is 2.39. The highest BCUT2D eigenvalue weighted by Crippen LogP contribution is 2.20. The maximum absolute atomic E-state index is 12.0. The SMILES string of the molecule is NC(=O)Cn1cc(NC(=O)c2ccc(I)c(Cl)c2)cn1. The molecule has 0 aliphatic rings. The fourth-order valence-corrected chi connectivity index (χ4v) is 2.03. The lowest BCUT2D eigenvalue weighted by Gasteiger charge is -2.03. The highest BCUT2D eigenvalue weighted by atomic mass is 127. The quantitative estimate of drug-likeness (QED) is 0.763. The molecule has 2 aromatic rings. The van der Waals surface area contributed by atoms with Crippen LogP contribution in [0.2, 0.25) is 5.02 Å². The first-order valence-electron chi connectivity index (χ1n) is 5.53. The molecule has 0 saturated heterocycles. The van der Waals surface area contributed by atoms with Gasteiger partial charge in [0.1, 0.15) is 6.54 Å². The number of nitrogens with two attached hydrogens (primary N) is 1. The molecule has 1 aromatic carbocycles. The number of rotatable bonds is 4. The number of benzene rings is 1. The summed E-state index contributed by atoms with van der Waals surface area (Å²) in [5.41, 5.74) is 5.97. The maximum atomic E-state index is 12.0. The summed E-state index contributed by atoms with van der Waals surface area (Å²) in [6, 6.07) is 5.03. The molecule has 104 valence electrons. The number of hydrogen-bond acceptors (Lipinski definition) is 3. The summed E-state index contributed by atoms with van der Waals surface area (Å²) in [7, 11) is 0. The average Bonchev–Trinajstić information content (AvgIpc) is 2.79. The van der Waals surface area contributed by atoms with E-state index in [0.717, 1.165) is 3.57 Å². The number of carbonyl (C=O) groups excluding carboxylic acids is 2. The number of aromatic nitrogens is 2. The van der Waals surface area contributed by atoms with Crippen molar-refractivity contribution in [3.63, 3.8) is 0 Å². The number of anilines is 1. The van der Waals surface area contributed by atoms with Crippen LogP contribution in [0.5, 0.6) is 0 Å². The maximum Gasteiger partial charge on any atom is 0.255 e. The standard InChI is InChI=1S/C12H10ClIN4O2/c13-9-3-7(1-2-10(9)14)12(20)17-8-4-16-18(5-8)6-11(15)19/h1-5H,6H2,(H2,15,19)(H,17,20). The van der Waals surface area contributed by atoms with Crippen molar-refractivity contribution < 1.29 is 9.59 Å². The molecule has 2 rings (SSSR count). The Balaban J connectivity index is 2.09. The van der Waals surface area contributed by atoms with Gasteiger partial charge in [0.2, 0.25) is 5.91 Å². The lowest BCUT2D eigenvalue weighted by molar-refractivity contribution is -0.118. The van der Waals surface area contributed by atoms with E-state index in [2.05, 4.69) is 33.0 Å². The van der Waals surface area contributed by atoms with Gasteiger partial charge in [-0.15, -0.1) is 0 Å². The minimum atomic E-state index is -0.504. The number of amides is 2. The van der Waals surface area contributed by atoms with Gasteiger partial charge in [-0.05, 0) is 40.8 Å². The Kier molecular flexibility index (Phi) is 4.61. The van der Waals surface area contributed by atoms with Gasteiger partial charge in [0.05, 0.1) is 16.9 Å². The van der Waals surface area contributed by atoms with Crippen LogP contribution in [-0.2, 0) is 11.3 Å². The summed E-state index contributed by atoms with van der Waals surface area (Å²) in [6.07, 6.45) is 2.96. The summed E-state index contributed by atoms with van der Waals surface area (Å²) in [5.74, 6) is -0.808. The second-order valence-corrected chi connectivity index (χ2v) is 5.55. The van der Waals surface area contributed by atoms with E-state index in [1.807, 2.05) is 0 Å². The molecule has 0 saturated carbocycles. The smallest absolute Gasteiger partial charge is 0.255 e. The zero-order valence-electron chi connectivity index (χ0n) is 10.1. The minimum Gasteiger partial charge on any atom is -0.368 e. The molecule has 6 nitrogen and oxygen atoms in total. The first-order chi connectivity index (χ1) is 9.45. The van der Waals surface area contributed by atoms with Crippen LogP contribution in [0, 0.1) is 3.57 Å². The van der Waals surface area contributed by atoms with Crippen LogP contribution in [-0.4, -0.2) is 21.6 Å². The average molecular weight is 405 g/mol. The first kappa shape index (κ1) is 14.8. The van der Waals surface area contributed by atoms with E-state index in [9.17, 15) is 9.59 Å². The van der Waals surface area contributed by atoms with E-state index in [0.29, 0.717) is 16.3 Å². The Labute approximate surface area is 133 Å². The molecule has 3 N–H and O–H groups in total. The van der Waals surface area contributed by atoms with Gasteiger partial charge >= 0.3 is 0 Å². The summed E-state index contributed by atoms with van der Waals surface area (Å²) in [6.45, 7) is -0.0365. The van der Waals surface area contributed by atoms with Crippen molar-refractivity contribution in [1.29, 1.82) is 0 Å². The molecule has 0 unspecified atom stereocenters. The van der Waals surface area contributed by atoms with Gasteiger partial charge in [0.15, 0.2) is 0 Å². The highest BCUT2D eigenvalue weighted by molar-refractivity contribution is 14.1. The topological polar surface area (TPSA) is 90.0 Å². The van der Waals surface area contributed by atoms with Crippen molar-refractivity contribution in [2.45, 2.75) is 6.54 Å². The largest absolute Gasteiger partial charge is 0.368 e. The van der Waals surface area contributed by atoms with Gasteiger partial charge in [-0.1, -0.05) is 11.6 Å². The molecular formula is C12H10ClIN4O2. The molecule has 0 fully saturated rings. The van der Waals surface area contributed by atoms with Crippen molar-refractivity contribution in [2.75, 3.05) is 5.32 Å². The van der Waals surface area contributed by atoms with Crippen molar-refractivity contribution in [1.82, 2.24) is 9.78 Å². The molecule has 0 bridgehead atoms. The molecule has 0 radical (unpaired) electrons. The molecule has 1 heterocycles. The van der Waals surface area contributed by atoms with E-state index >= 15 is 0 Å². The van der Waals surface area contributed by atoms with E-state index < -0.39 is 5.91 Å². The summed E-state index contributed by atoms with van der Waals surface area (Å²) < 4.78 is 2.22. The molecule has 2 amide bonds. The van der Waals surface area contributed by atoms with E-state index in [4.69, 9.17) is 17.3 Å². The fraction of sp³-hybridized carbons (Fsp3) is 0.0833. The summed E-state index contributed by atoms with van der Waals surface area (Å²) in [4.78, 5) is 22.8. The lowest BCUT2D eigenvalue weighted by atomic mass is 10.2. The Morgan fingerprint density at radius 2 is 2.20 bits per heavy atom. The fourth-order valence-electron chi connectivity index (χ4n) is 1.51. The normalized spacial score (nSPS) is 10.3. The molecule has 8 heteroatoms. The minimum absolute atomic E-state index is 0.0365. The van der Waals surface area contributed by atoms with Crippen LogP contribution < -0.4 is 11.1 Å². The molecular weight excluding hydrogens is 395 g/mol. The molecule has 0 aliphatic heterocycles. The highest BCUT2D eigenvalue weighted by Gasteiger charge is 2.10. The third kappa shape index (κ3) is 3.70. The van der Waals surface area contributed by atoms with Crippen LogP contribution in [0.3, 0.4) is 0 Å². The number of nitrogens with zero attached hydrogens (tertiary/aromatic N) is 2. The molecule has 0 atom stereocenters. The number of hydrogen-bond donors (Lipinski definition) is 2. The number of nitrogens with one attached hydrogen (secondary N) is 1. The predicted molar refractivity (Wildman–Crippen MR) is 83.5 cm³/mol. The van der Waals surface area contributed by atoms with Gasteiger partial charge in [-0.3, -0.25) is 14.3 Å². The van der Waals surface area contributed by atoms with Gasteiger partial charge in [0, 0.05) is 15.3 Å². The zero-order chi connectivity index (χ0) is 14.7. The van der Waals surface area contributed by atoms with Crippen molar-refractivity contribution in [2.24, 2.45) is 5.73 Å². The number of halogens is 2. The van der Waals surface area contributed by atoms with Gasteiger partial charge < -0.3 is 11.1 Å². The van der Waals surface area contributed by atoms with E-state index in [-0.39, 0.29) is 12.5 Å². The van der Waals surface area contributed by atoms with Gasteiger partial charge in [-0.25, -0.2) is 0 Å². The van der Waals surface area contributed by atoms with E-state index in [1.165, 1.54) is 17.1 Å². The number of primary amides is 1. The predicted octanol–water partition coefficient (Wildman–Crippen LogP) is 1.88. The summed E-state index contributed by atoms with van der Waals surface area (Å²) in [5, 5.41) is 7.09. The Bertz CT molecular complexity index is 671. The first-order valence-corrected chi connectivity index (χ1v) is 6.98. The lowest BCUT2D eigenvalue weighted by Crippen LogP contribution is -2.18. The Morgan fingerprint density at radius 1 is 1.45 bits per heavy atom. The van der Waals surface area contributed by atoms with Crippen LogP contribution in [0.1, 0.15) is 10.4 Å². The van der Waals surface area contributed by atoms with Gasteiger partial charge in [0.25, 0.3) is 5.91 Å². The van der Waals surface area contributed by atoms with Crippen molar-refractivity contribution >= 4 is 51.7 Å². The molecule has 1 aromatic heterocycles. The number of carbonyl (C=O) groups is 2. The molecule has 20 heavy (non-hydrogen) atoms. The summed E-state index contributed by atoms with van der Waals surface area (Å²) >= 11 is 8.05. The monoisotopic (exact) mass is 404 g/mol. The van der Waals surface area contributed by atoms with Crippen LogP contribution in [0.25, 0.3) is 0 Å². The second kappa shape index (κ2) is 6.23. The van der Waals surface area contributed by atoms with Crippen molar-refractivity contribution in [3.8, 4) is 0 Å². The van der Waals surface area contributed by atoms with Crippen LogP contribution in [0.4, 0.5) is 5.69 Å². The third-order valence-corrected chi connectivity index (χ3v) is 3.96. The van der Waals surface area contributed by atoms with Crippen LogP contribution in [0.15, 0.2) is 30.6 Å². The van der Waals surface area contributed by atoms with Crippen LogP contribution >= 0.6 is 34.2 Å². The Hall–Kier alpha value is -1.61.